The van der Waals surface area contributed by atoms with Crippen LogP contribution in [-0.2, 0) is 19.3 Å². The van der Waals surface area contributed by atoms with Gasteiger partial charge in [0.25, 0.3) is 0 Å². The van der Waals surface area contributed by atoms with E-state index in [4.69, 9.17) is 11.6 Å². The minimum absolute atomic E-state index is 0.482. The van der Waals surface area contributed by atoms with Crippen molar-refractivity contribution in [2.45, 2.75) is 32.6 Å². The molecule has 0 saturated carbocycles. The molecule has 0 atom stereocenters. The molecule has 0 fully saturated rings. The Balaban J connectivity index is 1.86. The van der Waals surface area contributed by atoms with Crippen LogP contribution < -0.4 is 5.32 Å². The maximum atomic E-state index is 6.00. The molecule has 1 N–H and O–H groups in total. The van der Waals surface area contributed by atoms with Crippen LogP contribution in [0.3, 0.4) is 0 Å². The third-order valence-corrected chi connectivity index (χ3v) is 3.62. The Morgan fingerprint density at radius 1 is 1.16 bits per heavy atom. The normalized spacial score (nSPS) is 13.4. The van der Waals surface area contributed by atoms with Crippen molar-refractivity contribution in [1.29, 1.82) is 0 Å². The lowest BCUT2D eigenvalue weighted by Gasteiger charge is -2.09. The Labute approximate surface area is 118 Å². The van der Waals surface area contributed by atoms with Gasteiger partial charge in [-0.05, 0) is 42.5 Å². The molecule has 0 amide bonds. The highest BCUT2D eigenvalue weighted by molar-refractivity contribution is 6.29. The third kappa shape index (κ3) is 2.71. The lowest BCUT2D eigenvalue weighted by atomic mass is 10.1. The fourth-order valence-corrected chi connectivity index (χ4v) is 2.69. The fraction of sp³-hybridized carbons (Fsp3) is 0.333. The molecule has 3 rings (SSSR count). The van der Waals surface area contributed by atoms with Crippen molar-refractivity contribution in [1.82, 2.24) is 9.97 Å². The Morgan fingerprint density at radius 2 is 2.00 bits per heavy atom. The summed E-state index contributed by atoms with van der Waals surface area (Å²) in [5.74, 6) is 1.52. The number of fused-ring (bicyclic) bond motifs is 1. The summed E-state index contributed by atoms with van der Waals surface area (Å²) in [6.07, 6.45) is 4.42. The number of halogens is 1. The monoisotopic (exact) mass is 273 g/mol. The van der Waals surface area contributed by atoms with Gasteiger partial charge in [0.1, 0.15) is 16.8 Å². The second-order valence-electron chi connectivity index (χ2n) is 4.81. The molecule has 0 aliphatic heterocycles. The number of hydrogen-bond acceptors (Lipinski definition) is 3. The second-order valence-corrected chi connectivity index (χ2v) is 5.19. The van der Waals surface area contributed by atoms with Crippen LogP contribution >= 0.6 is 11.6 Å². The van der Waals surface area contributed by atoms with Gasteiger partial charge in [0.15, 0.2) is 0 Å². The van der Waals surface area contributed by atoms with E-state index < -0.39 is 0 Å². The topological polar surface area (TPSA) is 37.8 Å². The maximum Gasteiger partial charge on any atom is 0.135 e. The van der Waals surface area contributed by atoms with Gasteiger partial charge in [-0.1, -0.05) is 24.6 Å². The average Bonchev–Trinajstić information content (AvgIpc) is 2.85. The van der Waals surface area contributed by atoms with Gasteiger partial charge in [-0.15, -0.1) is 0 Å². The number of aromatic nitrogens is 2. The SMILES string of the molecule is CCc1nc(Cl)cc(Nc2ccc3c(c2)CCC3)n1. The molecule has 1 aliphatic carbocycles. The quantitative estimate of drug-likeness (QED) is 0.861. The molecule has 0 unspecified atom stereocenters. The summed E-state index contributed by atoms with van der Waals surface area (Å²) in [7, 11) is 0. The van der Waals surface area contributed by atoms with Gasteiger partial charge in [-0.3, -0.25) is 0 Å². The zero-order valence-electron chi connectivity index (χ0n) is 10.9. The first kappa shape index (κ1) is 12.4. The smallest absolute Gasteiger partial charge is 0.135 e. The lowest BCUT2D eigenvalue weighted by molar-refractivity contribution is 0.912. The van der Waals surface area contributed by atoms with Crippen LogP contribution in [-0.4, -0.2) is 9.97 Å². The lowest BCUT2D eigenvalue weighted by Crippen LogP contribution is -2.00. The van der Waals surface area contributed by atoms with Crippen LogP contribution in [0.5, 0.6) is 0 Å². The molecule has 98 valence electrons. The van der Waals surface area contributed by atoms with Crippen LogP contribution in [0.15, 0.2) is 24.3 Å². The van der Waals surface area contributed by atoms with Gasteiger partial charge in [-0.2, -0.15) is 0 Å². The molecule has 0 bridgehead atoms. The third-order valence-electron chi connectivity index (χ3n) is 3.43. The number of anilines is 2. The van der Waals surface area contributed by atoms with Crippen molar-refractivity contribution in [3.63, 3.8) is 0 Å². The maximum absolute atomic E-state index is 6.00. The first-order chi connectivity index (χ1) is 9.24. The Bertz CT molecular complexity index is 610. The van der Waals surface area contributed by atoms with Crippen molar-refractivity contribution >= 4 is 23.1 Å². The summed E-state index contributed by atoms with van der Waals surface area (Å²) in [4.78, 5) is 8.60. The molecule has 19 heavy (non-hydrogen) atoms. The van der Waals surface area contributed by atoms with E-state index in [0.29, 0.717) is 5.15 Å². The molecule has 0 saturated heterocycles. The molecule has 1 aromatic carbocycles. The van der Waals surface area contributed by atoms with Gasteiger partial charge in [0, 0.05) is 18.2 Å². The van der Waals surface area contributed by atoms with Crippen molar-refractivity contribution in [2.75, 3.05) is 5.32 Å². The number of rotatable bonds is 3. The zero-order chi connectivity index (χ0) is 13.2. The van der Waals surface area contributed by atoms with E-state index in [2.05, 4.69) is 33.5 Å². The Morgan fingerprint density at radius 3 is 2.84 bits per heavy atom. The molecule has 1 heterocycles. The summed E-state index contributed by atoms with van der Waals surface area (Å²) in [6, 6.07) is 8.28. The van der Waals surface area contributed by atoms with Crippen molar-refractivity contribution in [3.05, 3.63) is 46.4 Å². The summed E-state index contributed by atoms with van der Waals surface area (Å²) in [5, 5.41) is 3.80. The van der Waals surface area contributed by atoms with Crippen molar-refractivity contribution in [3.8, 4) is 0 Å². The summed E-state index contributed by atoms with van der Waals surface area (Å²) in [6.45, 7) is 2.02. The van der Waals surface area contributed by atoms with Gasteiger partial charge in [0.2, 0.25) is 0 Å². The molecule has 4 heteroatoms. The molecule has 2 aromatic rings. The first-order valence-electron chi connectivity index (χ1n) is 6.67. The van der Waals surface area contributed by atoms with Crippen LogP contribution in [0.2, 0.25) is 5.15 Å². The number of nitrogens with zero attached hydrogens (tertiary/aromatic N) is 2. The summed E-state index contributed by atoms with van der Waals surface area (Å²) in [5.41, 5.74) is 3.99. The standard InChI is InChI=1S/C15H16ClN3/c1-2-14-18-13(16)9-15(19-14)17-12-7-6-10-4-3-5-11(10)8-12/h6-9H,2-5H2,1H3,(H,17,18,19). The van der Waals surface area contributed by atoms with Gasteiger partial charge in [-0.25, -0.2) is 9.97 Å². The zero-order valence-corrected chi connectivity index (χ0v) is 11.7. The Hall–Kier alpha value is -1.61. The van der Waals surface area contributed by atoms with E-state index in [1.165, 1.54) is 30.4 Å². The highest BCUT2D eigenvalue weighted by Gasteiger charge is 2.11. The van der Waals surface area contributed by atoms with Crippen LogP contribution in [0, 0.1) is 0 Å². The Kier molecular flexibility index (Phi) is 3.38. The summed E-state index contributed by atoms with van der Waals surface area (Å²) < 4.78 is 0. The van der Waals surface area contributed by atoms with E-state index in [0.717, 1.165) is 23.8 Å². The predicted molar refractivity (Wildman–Crippen MR) is 78.2 cm³/mol. The largest absolute Gasteiger partial charge is 0.340 e. The van der Waals surface area contributed by atoms with E-state index in [9.17, 15) is 0 Å². The van der Waals surface area contributed by atoms with E-state index >= 15 is 0 Å². The molecule has 1 aromatic heterocycles. The molecular formula is C15H16ClN3. The second kappa shape index (κ2) is 5.17. The molecular weight excluding hydrogens is 258 g/mol. The summed E-state index contributed by atoms with van der Waals surface area (Å²) >= 11 is 6.00. The average molecular weight is 274 g/mol. The van der Waals surface area contributed by atoms with E-state index in [1.54, 1.807) is 6.07 Å². The van der Waals surface area contributed by atoms with Gasteiger partial charge < -0.3 is 5.32 Å². The molecule has 0 radical (unpaired) electrons. The minimum Gasteiger partial charge on any atom is -0.340 e. The van der Waals surface area contributed by atoms with Gasteiger partial charge in [0.05, 0.1) is 0 Å². The predicted octanol–water partition coefficient (Wildman–Crippen LogP) is 3.92. The van der Waals surface area contributed by atoms with Gasteiger partial charge >= 0.3 is 0 Å². The first-order valence-corrected chi connectivity index (χ1v) is 7.04. The van der Waals surface area contributed by atoms with Crippen LogP contribution in [0.25, 0.3) is 0 Å². The van der Waals surface area contributed by atoms with Crippen LogP contribution in [0.1, 0.15) is 30.3 Å². The number of aryl methyl sites for hydroxylation is 3. The van der Waals surface area contributed by atoms with E-state index in [-0.39, 0.29) is 0 Å². The number of benzene rings is 1. The minimum atomic E-state index is 0.482. The van der Waals surface area contributed by atoms with Crippen LogP contribution in [0.4, 0.5) is 11.5 Å². The highest BCUT2D eigenvalue weighted by atomic mass is 35.5. The van der Waals surface area contributed by atoms with Crippen molar-refractivity contribution in [2.24, 2.45) is 0 Å². The van der Waals surface area contributed by atoms with E-state index in [1.807, 2.05) is 6.92 Å². The number of nitrogens with one attached hydrogen (secondary N) is 1. The molecule has 1 aliphatic rings. The molecule has 3 nitrogen and oxygen atoms in total. The van der Waals surface area contributed by atoms with Crippen molar-refractivity contribution < 1.29 is 0 Å². The number of hydrogen-bond donors (Lipinski definition) is 1. The fourth-order valence-electron chi connectivity index (χ4n) is 2.48. The highest BCUT2D eigenvalue weighted by Crippen LogP contribution is 2.26. The molecule has 0 spiro atoms.